The average molecular weight is 309 g/mol. The van der Waals surface area contributed by atoms with Crippen molar-refractivity contribution in [2.45, 2.75) is 24.6 Å². The molecule has 0 N–H and O–H groups in total. The minimum Gasteiger partial charge on any atom is -0.207 e. The monoisotopic (exact) mass is 308 g/mol. The summed E-state index contributed by atoms with van der Waals surface area (Å²) in [5.74, 6) is 0.583. The SMILES string of the molecule is Cc1cc(C(Cl)C2CC2c2ccccc2)c(Cl)cc1F. The van der Waals surface area contributed by atoms with E-state index in [9.17, 15) is 4.39 Å². The Bertz CT molecular complexity index is 624. The maximum absolute atomic E-state index is 13.5. The Hall–Kier alpha value is -1.05. The van der Waals surface area contributed by atoms with Crippen molar-refractivity contribution in [1.82, 2.24) is 0 Å². The van der Waals surface area contributed by atoms with Crippen molar-refractivity contribution in [3.05, 3.63) is 70.0 Å². The van der Waals surface area contributed by atoms with Crippen LogP contribution in [0, 0.1) is 18.7 Å². The minimum absolute atomic E-state index is 0.160. The van der Waals surface area contributed by atoms with Crippen LogP contribution in [-0.2, 0) is 0 Å². The fraction of sp³-hybridized carbons (Fsp3) is 0.294. The lowest BCUT2D eigenvalue weighted by atomic mass is 10.0. The molecule has 3 rings (SSSR count). The van der Waals surface area contributed by atoms with Crippen molar-refractivity contribution in [1.29, 1.82) is 0 Å². The number of benzene rings is 2. The smallest absolute Gasteiger partial charge is 0.127 e. The predicted octanol–water partition coefficient (Wildman–Crippen LogP) is 5.87. The van der Waals surface area contributed by atoms with Crippen LogP contribution in [-0.4, -0.2) is 0 Å². The molecule has 1 aliphatic carbocycles. The number of hydrogen-bond acceptors (Lipinski definition) is 0. The summed E-state index contributed by atoms with van der Waals surface area (Å²) in [6, 6.07) is 13.5. The van der Waals surface area contributed by atoms with Crippen LogP contribution < -0.4 is 0 Å². The lowest BCUT2D eigenvalue weighted by molar-refractivity contribution is 0.616. The molecule has 104 valence electrons. The maximum atomic E-state index is 13.5. The van der Waals surface area contributed by atoms with E-state index in [0.717, 1.165) is 12.0 Å². The van der Waals surface area contributed by atoms with Gasteiger partial charge in [0.1, 0.15) is 5.82 Å². The molecule has 1 saturated carbocycles. The van der Waals surface area contributed by atoms with Gasteiger partial charge >= 0.3 is 0 Å². The van der Waals surface area contributed by atoms with E-state index in [1.165, 1.54) is 11.6 Å². The summed E-state index contributed by atoms with van der Waals surface area (Å²) in [5.41, 5.74) is 2.75. The first-order chi connectivity index (χ1) is 9.58. The van der Waals surface area contributed by atoms with Crippen LogP contribution >= 0.6 is 23.2 Å². The molecule has 3 heteroatoms. The number of hydrogen-bond donors (Lipinski definition) is 0. The van der Waals surface area contributed by atoms with E-state index in [4.69, 9.17) is 23.2 Å². The van der Waals surface area contributed by atoms with Gasteiger partial charge in [-0.1, -0.05) is 48.0 Å². The molecule has 0 nitrogen and oxygen atoms in total. The van der Waals surface area contributed by atoms with E-state index in [1.54, 1.807) is 13.0 Å². The number of rotatable bonds is 3. The van der Waals surface area contributed by atoms with Crippen molar-refractivity contribution in [2.75, 3.05) is 0 Å². The van der Waals surface area contributed by atoms with Gasteiger partial charge < -0.3 is 0 Å². The first-order valence-corrected chi connectivity index (χ1v) is 7.54. The highest BCUT2D eigenvalue weighted by Crippen LogP contribution is 2.57. The molecular formula is C17H15Cl2F. The van der Waals surface area contributed by atoms with Crippen LogP contribution in [0.4, 0.5) is 4.39 Å². The molecule has 3 atom stereocenters. The topological polar surface area (TPSA) is 0 Å². The molecule has 0 spiro atoms. The molecule has 0 radical (unpaired) electrons. The normalized spacial score (nSPS) is 22.6. The average Bonchev–Trinajstić information content (AvgIpc) is 3.23. The van der Waals surface area contributed by atoms with E-state index >= 15 is 0 Å². The van der Waals surface area contributed by atoms with Crippen LogP contribution in [0.3, 0.4) is 0 Å². The van der Waals surface area contributed by atoms with Crippen LogP contribution in [0.2, 0.25) is 5.02 Å². The Morgan fingerprint density at radius 2 is 1.90 bits per heavy atom. The molecule has 0 amide bonds. The third-order valence-electron chi connectivity index (χ3n) is 4.02. The van der Waals surface area contributed by atoms with Gasteiger partial charge in [-0.05, 0) is 47.9 Å². The van der Waals surface area contributed by atoms with E-state index in [1.807, 2.05) is 18.2 Å². The molecule has 0 bridgehead atoms. The summed E-state index contributed by atoms with van der Waals surface area (Å²) in [5, 5.41) is 0.263. The molecule has 0 heterocycles. The first kappa shape index (κ1) is 13.9. The lowest BCUT2D eigenvalue weighted by Crippen LogP contribution is -1.98. The third-order valence-corrected chi connectivity index (χ3v) is 4.90. The summed E-state index contributed by atoms with van der Waals surface area (Å²) in [6.45, 7) is 1.74. The van der Waals surface area contributed by atoms with Gasteiger partial charge in [-0.3, -0.25) is 0 Å². The predicted molar refractivity (Wildman–Crippen MR) is 82.0 cm³/mol. The van der Waals surface area contributed by atoms with E-state index in [2.05, 4.69) is 12.1 Å². The van der Waals surface area contributed by atoms with E-state index in [-0.39, 0.29) is 11.2 Å². The lowest BCUT2D eigenvalue weighted by Gasteiger charge is -2.13. The van der Waals surface area contributed by atoms with Gasteiger partial charge in [0, 0.05) is 5.02 Å². The highest BCUT2D eigenvalue weighted by Gasteiger charge is 2.44. The summed E-state index contributed by atoms with van der Waals surface area (Å²) in [4.78, 5) is 0. The standard InChI is InChI=1S/C17H15Cl2F/c1-10-7-14(15(18)9-16(10)20)17(19)13-8-12(13)11-5-3-2-4-6-11/h2-7,9,12-13,17H,8H2,1H3. The van der Waals surface area contributed by atoms with Gasteiger partial charge in [-0.25, -0.2) is 4.39 Å². The second-order valence-electron chi connectivity index (χ2n) is 5.44. The van der Waals surface area contributed by atoms with Crippen molar-refractivity contribution in [3.63, 3.8) is 0 Å². The molecule has 2 aromatic rings. The zero-order valence-corrected chi connectivity index (χ0v) is 12.6. The fourth-order valence-electron chi connectivity index (χ4n) is 2.74. The first-order valence-electron chi connectivity index (χ1n) is 6.72. The van der Waals surface area contributed by atoms with Crippen molar-refractivity contribution in [2.24, 2.45) is 5.92 Å². The summed E-state index contributed by atoms with van der Waals surface area (Å²) < 4.78 is 13.5. The zero-order valence-electron chi connectivity index (χ0n) is 11.1. The second-order valence-corrected chi connectivity index (χ2v) is 6.32. The van der Waals surface area contributed by atoms with Crippen molar-refractivity contribution < 1.29 is 4.39 Å². The number of halogens is 3. The molecule has 2 aromatic carbocycles. The second kappa shape index (κ2) is 5.38. The Balaban J connectivity index is 1.82. The highest BCUT2D eigenvalue weighted by molar-refractivity contribution is 6.32. The van der Waals surface area contributed by atoms with Gasteiger partial charge in [-0.15, -0.1) is 11.6 Å². The summed E-state index contributed by atoms with van der Waals surface area (Å²) in [6.07, 6.45) is 1.06. The Kier molecular flexibility index (Phi) is 3.74. The Morgan fingerprint density at radius 3 is 2.60 bits per heavy atom. The fourth-order valence-corrected chi connectivity index (χ4v) is 3.53. The Labute approximate surface area is 128 Å². The van der Waals surface area contributed by atoms with Crippen LogP contribution in [0.25, 0.3) is 0 Å². The summed E-state index contributed by atoms with van der Waals surface area (Å²) in [7, 11) is 0. The molecule has 0 saturated heterocycles. The van der Waals surface area contributed by atoms with E-state index < -0.39 is 0 Å². The third kappa shape index (κ3) is 2.57. The summed E-state index contributed by atoms with van der Waals surface area (Å²) >= 11 is 12.7. The molecular weight excluding hydrogens is 294 g/mol. The molecule has 3 unspecified atom stereocenters. The van der Waals surface area contributed by atoms with Crippen molar-refractivity contribution >= 4 is 23.2 Å². The van der Waals surface area contributed by atoms with Gasteiger partial charge in [0.25, 0.3) is 0 Å². The number of alkyl halides is 1. The van der Waals surface area contributed by atoms with Gasteiger partial charge in [0.2, 0.25) is 0 Å². The molecule has 1 fully saturated rings. The molecule has 0 aromatic heterocycles. The minimum atomic E-state index is -0.280. The molecule has 20 heavy (non-hydrogen) atoms. The largest absolute Gasteiger partial charge is 0.207 e. The van der Waals surface area contributed by atoms with E-state index in [0.29, 0.717) is 22.4 Å². The molecule has 0 aliphatic heterocycles. The van der Waals surface area contributed by atoms with Crippen LogP contribution in [0.15, 0.2) is 42.5 Å². The van der Waals surface area contributed by atoms with Crippen LogP contribution in [0.5, 0.6) is 0 Å². The Morgan fingerprint density at radius 1 is 1.20 bits per heavy atom. The highest BCUT2D eigenvalue weighted by atomic mass is 35.5. The van der Waals surface area contributed by atoms with Gasteiger partial charge in [0.05, 0.1) is 5.38 Å². The van der Waals surface area contributed by atoms with Crippen LogP contribution in [0.1, 0.15) is 34.4 Å². The zero-order chi connectivity index (χ0) is 14.3. The number of aryl methyl sites for hydroxylation is 1. The van der Waals surface area contributed by atoms with Crippen molar-refractivity contribution in [3.8, 4) is 0 Å². The molecule has 1 aliphatic rings. The van der Waals surface area contributed by atoms with Gasteiger partial charge in [0.15, 0.2) is 0 Å². The maximum Gasteiger partial charge on any atom is 0.127 e. The van der Waals surface area contributed by atoms with Gasteiger partial charge in [-0.2, -0.15) is 0 Å². The quantitative estimate of drug-likeness (QED) is 0.622.